The number of hydrogen-bond acceptors (Lipinski definition) is 4. The number of aliphatic hydroxyl groups excluding tert-OH is 1. The van der Waals surface area contributed by atoms with Gasteiger partial charge >= 0.3 is 6.18 Å². The fourth-order valence-corrected chi connectivity index (χ4v) is 3.78. The SMILES string of the molecule is Cc1cc(OCC(F)(F)F)cc(C)c1C1C(=O)C(CC(=O)NC(C)C)CC1O. The predicted molar refractivity (Wildman–Crippen MR) is 97.2 cm³/mol. The lowest BCUT2D eigenvalue weighted by atomic mass is 9.86. The van der Waals surface area contributed by atoms with Crippen molar-refractivity contribution in [2.45, 2.75) is 64.8 Å². The number of carbonyl (C=O) groups excluding carboxylic acids is 2. The van der Waals surface area contributed by atoms with E-state index < -0.39 is 30.7 Å². The van der Waals surface area contributed by atoms with Crippen LogP contribution in [0.4, 0.5) is 13.2 Å². The number of hydrogen-bond donors (Lipinski definition) is 2. The number of aryl methyl sites for hydroxylation is 2. The van der Waals surface area contributed by atoms with Crippen molar-refractivity contribution in [3.8, 4) is 5.75 Å². The first-order chi connectivity index (χ1) is 12.9. The topological polar surface area (TPSA) is 75.6 Å². The number of alkyl halides is 3. The third-order valence-corrected chi connectivity index (χ3v) is 4.78. The third-order valence-electron chi connectivity index (χ3n) is 4.78. The van der Waals surface area contributed by atoms with Gasteiger partial charge in [0.05, 0.1) is 12.0 Å². The average Bonchev–Trinajstić information content (AvgIpc) is 2.78. The molecule has 2 rings (SSSR count). The van der Waals surface area contributed by atoms with Gasteiger partial charge in [-0.25, -0.2) is 0 Å². The van der Waals surface area contributed by atoms with Crippen molar-refractivity contribution < 1.29 is 32.6 Å². The number of carbonyl (C=O) groups is 2. The van der Waals surface area contributed by atoms with Crippen LogP contribution in [-0.2, 0) is 9.59 Å². The summed E-state index contributed by atoms with van der Waals surface area (Å²) in [5.74, 6) is -1.79. The monoisotopic (exact) mass is 401 g/mol. The van der Waals surface area contributed by atoms with Crippen molar-refractivity contribution in [2.75, 3.05) is 6.61 Å². The summed E-state index contributed by atoms with van der Waals surface area (Å²) in [5.41, 5.74) is 1.73. The van der Waals surface area contributed by atoms with Gasteiger partial charge in [0.15, 0.2) is 6.61 Å². The van der Waals surface area contributed by atoms with E-state index in [9.17, 15) is 27.9 Å². The number of amides is 1. The van der Waals surface area contributed by atoms with Crippen LogP contribution < -0.4 is 10.1 Å². The fourth-order valence-electron chi connectivity index (χ4n) is 3.78. The Kier molecular flexibility index (Phi) is 6.75. The maximum absolute atomic E-state index is 12.9. The Balaban J connectivity index is 2.20. The maximum Gasteiger partial charge on any atom is 0.422 e. The third kappa shape index (κ3) is 5.47. The minimum absolute atomic E-state index is 0.00937. The number of rotatable bonds is 6. The maximum atomic E-state index is 12.9. The van der Waals surface area contributed by atoms with Gasteiger partial charge in [-0.2, -0.15) is 13.2 Å². The standard InChI is InChI=1S/C20H26F3NO4/c1-10(2)24-16(26)8-13-7-15(25)18(19(13)27)17-11(3)5-14(6-12(17)4)28-9-20(21,22)23/h5-6,10,13,15,18,25H,7-9H2,1-4H3,(H,24,26). The minimum atomic E-state index is -4.44. The lowest BCUT2D eigenvalue weighted by Crippen LogP contribution is -2.32. The van der Waals surface area contributed by atoms with Crippen molar-refractivity contribution in [2.24, 2.45) is 5.92 Å². The van der Waals surface area contributed by atoms with Gasteiger partial charge in [-0.05, 0) is 62.9 Å². The fraction of sp³-hybridized carbons (Fsp3) is 0.600. The number of ketones is 1. The van der Waals surface area contributed by atoms with E-state index in [1.807, 2.05) is 13.8 Å². The highest BCUT2D eigenvalue weighted by Gasteiger charge is 2.44. The zero-order valence-electron chi connectivity index (χ0n) is 16.4. The quantitative estimate of drug-likeness (QED) is 0.768. The number of aliphatic hydroxyl groups is 1. The molecule has 1 saturated carbocycles. The van der Waals surface area contributed by atoms with Gasteiger partial charge in [0.25, 0.3) is 0 Å². The molecule has 1 aliphatic rings. The molecule has 1 amide bonds. The summed E-state index contributed by atoms with van der Waals surface area (Å²) < 4.78 is 41.9. The molecular weight excluding hydrogens is 375 g/mol. The number of Topliss-reactive ketones (excluding diaryl/α,β-unsaturated/α-hetero) is 1. The second kappa shape index (κ2) is 8.51. The molecule has 8 heteroatoms. The molecule has 156 valence electrons. The van der Waals surface area contributed by atoms with Gasteiger partial charge in [0.1, 0.15) is 11.5 Å². The summed E-state index contributed by atoms with van der Waals surface area (Å²) in [6.07, 6.45) is -5.19. The first-order valence-electron chi connectivity index (χ1n) is 9.21. The van der Waals surface area contributed by atoms with Crippen LogP contribution in [0.5, 0.6) is 5.75 Å². The molecule has 1 aromatic rings. The Morgan fingerprint density at radius 1 is 1.29 bits per heavy atom. The molecule has 1 aromatic carbocycles. The van der Waals surface area contributed by atoms with Crippen molar-refractivity contribution in [3.05, 3.63) is 28.8 Å². The Morgan fingerprint density at radius 3 is 2.36 bits per heavy atom. The van der Waals surface area contributed by atoms with Crippen molar-refractivity contribution in [3.63, 3.8) is 0 Å². The van der Waals surface area contributed by atoms with Crippen LogP contribution >= 0.6 is 0 Å². The van der Waals surface area contributed by atoms with E-state index in [1.165, 1.54) is 12.1 Å². The molecular formula is C20H26F3NO4. The Bertz CT molecular complexity index is 722. The van der Waals surface area contributed by atoms with Crippen LogP contribution in [0.25, 0.3) is 0 Å². The summed E-state index contributed by atoms with van der Waals surface area (Å²) in [5, 5.41) is 13.2. The molecule has 0 spiro atoms. The summed E-state index contributed by atoms with van der Waals surface area (Å²) in [6, 6.07) is 2.83. The lowest BCUT2D eigenvalue weighted by Gasteiger charge is -2.20. The van der Waals surface area contributed by atoms with Gasteiger partial charge in [0.2, 0.25) is 5.91 Å². The first kappa shape index (κ1) is 22.2. The molecule has 28 heavy (non-hydrogen) atoms. The molecule has 0 aliphatic heterocycles. The van der Waals surface area contributed by atoms with Gasteiger partial charge in [-0.15, -0.1) is 0 Å². The largest absolute Gasteiger partial charge is 0.484 e. The summed E-state index contributed by atoms with van der Waals surface area (Å²) >= 11 is 0. The number of nitrogens with one attached hydrogen (secondary N) is 1. The van der Waals surface area contributed by atoms with Crippen LogP contribution in [-0.4, -0.2) is 41.7 Å². The van der Waals surface area contributed by atoms with Gasteiger partial charge in [-0.3, -0.25) is 9.59 Å². The predicted octanol–water partition coefficient (Wildman–Crippen LogP) is 3.19. The van der Waals surface area contributed by atoms with E-state index in [0.717, 1.165) is 0 Å². The average molecular weight is 401 g/mol. The lowest BCUT2D eigenvalue weighted by molar-refractivity contribution is -0.153. The molecule has 1 aliphatic carbocycles. The van der Waals surface area contributed by atoms with E-state index >= 15 is 0 Å². The Labute approximate surface area is 162 Å². The summed E-state index contributed by atoms with van der Waals surface area (Å²) in [4.78, 5) is 24.8. The molecule has 0 bridgehead atoms. The van der Waals surface area contributed by atoms with Crippen molar-refractivity contribution in [1.82, 2.24) is 5.32 Å². The van der Waals surface area contributed by atoms with E-state index in [0.29, 0.717) is 16.7 Å². The minimum Gasteiger partial charge on any atom is -0.484 e. The second-order valence-corrected chi connectivity index (χ2v) is 7.68. The highest BCUT2D eigenvalue weighted by Crippen LogP contribution is 2.40. The van der Waals surface area contributed by atoms with Crippen LogP contribution in [0.3, 0.4) is 0 Å². The van der Waals surface area contributed by atoms with Crippen LogP contribution in [0.1, 0.15) is 49.3 Å². The zero-order chi connectivity index (χ0) is 21.2. The van der Waals surface area contributed by atoms with Gasteiger partial charge in [-0.1, -0.05) is 0 Å². The molecule has 1 fully saturated rings. The Morgan fingerprint density at radius 2 is 1.86 bits per heavy atom. The molecule has 5 nitrogen and oxygen atoms in total. The highest BCUT2D eigenvalue weighted by atomic mass is 19.4. The van der Waals surface area contributed by atoms with E-state index in [1.54, 1.807) is 13.8 Å². The van der Waals surface area contributed by atoms with E-state index in [2.05, 4.69) is 5.32 Å². The van der Waals surface area contributed by atoms with Crippen molar-refractivity contribution in [1.29, 1.82) is 0 Å². The summed E-state index contributed by atoms with van der Waals surface area (Å²) in [6.45, 7) is 5.58. The number of ether oxygens (including phenoxy) is 1. The molecule has 0 heterocycles. The van der Waals surface area contributed by atoms with Crippen molar-refractivity contribution >= 4 is 11.7 Å². The van der Waals surface area contributed by atoms with Gasteiger partial charge < -0.3 is 15.2 Å². The van der Waals surface area contributed by atoms with Crippen LogP contribution in [0.2, 0.25) is 0 Å². The molecule has 2 N–H and O–H groups in total. The normalized spacial score (nSPS) is 22.6. The highest BCUT2D eigenvalue weighted by molar-refractivity contribution is 5.94. The second-order valence-electron chi connectivity index (χ2n) is 7.68. The molecule has 0 radical (unpaired) electrons. The smallest absolute Gasteiger partial charge is 0.422 e. The Hall–Kier alpha value is -2.09. The molecule has 3 unspecified atom stereocenters. The van der Waals surface area contributed by atoms with E-state index in [-0.39, 0.29) is 36.3 Å². The molecule has 0 saturated heterocycles. The van der Waals surface area contributed by atoms with Gasteiger partial charge in [0, 0.05) is 18.4 Å². The number of halogens is 3. The van der Waals surface area contributed by atoms with Crippen LogP contribution in [0, 0.1) is 19.8 Å². The van der Waals surface area contributed by atoms with E-state index in [4.69, 9.17) is 4.74 Å². The number of benzene rings is 1. The summed E-state index contributed by atoms with van der Waals surface area (Å²) in [7, 11) is 0. The van der Waals surface area contributed by atoms with Crippen LogP contribution in [0.15, 0.2) is 12.1 Å². The zero-order valence-corrected chi connectivity index (χ0v) is 16.4. The molecule has 3 atom stereocenters. The molecule has 0 aromatic heterocycles. The first-order valence-corrected chi connectivity index (χ1v) is 9.21.